The first-order valence-electron chi connectivity index (χ1n) is 8.94. The lowest BCUT2D eigenvalue weighted by Gasteiger charge is -2.34. The van der Waals surface area contributed by atoms with E-state index < -0.39 is 0 Å². The molecule has 1 aromatic rings. The maximum Gasteiger partial charge on any atom is 0.165 e. The second kappa shape index (κ2) is 9.80. The van der Waals surface area contributed by atoms with Crippen LogP contribution >= 0.6 is 0 Å². The Labute approximate surface area is 144 Å². The van der Waals surface area contributed by atoms with E-state index in [1.165, 1.54) is 31.8 Å². The Morgan fingerprint density at radius 3 is 2.04 bits per heavy atom. The van der Waals surface area contributed by atoms with Crippen LogP contribution < -0.4 is 4.90 Å². The summed E-state index contributed by atoms with van der Waals surface area (Å²) in [6.07, 6.45) is 3.95. The summed E-state index contributed by atoms with van der Waals surface area (Å²) >= 11 is 0. The largest absolute Gasteiger partial charge is 0.372 e. The number of ketones is 1. The highest BCUT2D eigenvalue weighted by molar-refractivity contribution is 6.05. The molecule has 0 bridgehead atoms. The standard InChI is InChI=1S/C19H29NO.CH3B/c1-14(2)13-16-9-11-20(12-10-16)18-7-5-17(6-8-18)19(21)15(3)4;1-2/h5-8,14-16H,9-13H2,1-4H3;1H3. The predicted octanol–water partition coefficient (Wildman–Crippen LogP) is 4.99. The summed E-state index contributed by atoms with van der Waals surface area (Å²) in [5.74, 6) is 2.01. The Morgan fingerprint density at radius 2 is 1.61 bits per heavy atom. The molecular weight excluding hydrogens is 281 g/mol. The molecule has 1 aliphatic rings. The van der Waals surface area contributed by atoms with Gasteiger partial charge in [-0.15, -0.1) is 0 Å². The molecule has 0 N–H and O–H groups in total. The first kappa shape index (κ1) is 19.8. The molecule has 2 radical (unpaired) electrons. The van der Waals surface area contributed by atoms with Gasteiger partial charge in [-0.3, -0.25) is 4.79 Å². The Morgan fingerprint density at radius 1 is 1.09 bits per heavy atom. The number of benzene rings is 1. The Balaban J connectivity index is 0.00000127. The number of nitrogens with zero attached hydrogens (tertiary/aromatic N) is 1. The van der Waals surface area contributed by atoms with Gasteiger partial charge in [0.2, 0.25) is 0 Å². The van der Waals surface area contributed by atoms with Gasteiger partial charge in [0.05, 0.1) is 7.85 Å². The molecule has 0 spiro atoms. The maximum atomic E-state index is 12.0. The van der Waals surface area contributed by atoms with E-state index in [1.54, 1.807) is 0 Å². The molecule has 1 fully saturated rings. The van der Waals surface area contributed by atoms with Crippen molar-refractivity contribution >= 4 is 19.3 Å². The molecule has 1 heterocycles. The summed E-state index contributed by atoms with van der Waals surface area (Å²) in [6.45, 7) is 12.3. The molecule has 0 amide bonds. The van der Waals surface area contributed by atoms with Gasteiger partial charge in [-0.2, -0.15) is 0 Å². The molecule has 0 saturated carbocycles. The summed E-state index contributed by atoms with van der Waals surface area (Å²) in [4.78, 5) is 14.4. The maximum absolute atomic E-state index is 12.0. The quantitative estimate of drug-likeness (QED) is 0.564. The molecule has 1 saturated heterocycles. The summed E-state index contributed by atoms with van der Waals surface area (Å²) in [6, 6.07) is 8.19. The molecule has 1 aliphatic heterocycles. The Hall–Kier alpha value is -1.25. The lowest BCUT2D eigenvalue weighted by Crippen LogP contribution is -2.34. The molecular formula is C20H32BNO. The van der Waals surface area contributed by atoms with Gasteiger partial charge in [0.25, 0.3) is 0 Å². The van der Waals surface area contributed by atoms with Crippen molar-refractivity contribution in [3.63, 3.8) is 0 Å². The average Bonchev–Trinajstić information content (AvgIpc) is 2.56. The number of rotatable bonds is 5. The van der Waals surface area contributed by atoms with Crippen molar-refractivity contribution in [1.82, 2.24) is 0 Å². The van der Waals surface area contributed by atoms with Crippen LogP contribution in [0.3, 0.4) is 0 Å². The van der Waals surface area contributed by atoms with E-state index in [0.717, 1.165) is 30.5 Å². The first-order valence-corrected chi connectivity index (χ1v) is 8.94. The molecule has 0 aromatic heterocycles. The normalized spacial score (nSPS) is 15.5. The third-order valence-corrected chi connectivity index (χ3v) is 4.46. The highest BCUT2D eigenvalue weighted by Crippen LogP contribution is 2.27. The first-order chi connectivity index (χ1) is 11.0. The van der Waals surface area contributed by atoms with Gasteiger partial charge in [-0.25, -0.2) is 0 Å². The van der Waals surface area contributed by atoms with Crippen molar-refractivity contribution in [2.45, 2.75) is 53.8 Å². The highest BCUT2D eigenvalue weighted by Gasteiger charge is 2.20. The monoisotopic (exact) mass is 313 g/mol. The smallest absolute Gasteiger partial charge is 0.165 e. The van der Waals surface area contributed by atoms with E-state index in [4.69, 9.17) is 0 Å². The van der Waals surface area contributed by atoms with Crippen LogP contribution in [0.4, 0.5) is 5.69 Å². The Kier molecular flexibility index (Phi) is 8.43. The van der Waals surface area contributed by atoms with Gasteiger partial charge >= 0.3 is 0 Å². The lowest BCUT2D eigenvalue weighted by molar-refractivity contribution is 0.0939. The van der Waals surface area contributed by atoms with Crippen molar-refractivity contribution in [2.75, 3.05) is 18.0 Å². The predicted molar refractivity (Wildman–Crippen MR) is 102 cm³/mol. The summed E-state index contributed by atoms with van der Waals surface area (Å²) in [5.41, 5.74) is 2.10. The highest BCUT2D eigenvalue weighted by atomic mass is 16.1. The van der Waals surface area contributed by atoms with Crippen LogP contribution in [0.5, 0.6) is 0 Å². The Bertz CT molecular complexity index is 459. The van der Waals surface area contributed by atoms with Crippen molar-refractivity contribution in [1.29, 1.82) is 0 Å². The van der Waals surface area contributed by atoms with E-state index in [1.807, 2.05) is 26.0 Å². The van der Waals surface area contributed by atoms with Gasteiger partial charge in [0.1, 0.15) is 0 Å². The molecule has 23 heavy (non-hydrogen) atoms. The van der Waals surface area contributed by atoms with E-state index in [0.29, 0.717) is 0 Å². The third kappa shape index (κ3) is 6.04. The third-order valence-electron chi connectivity index (χ3n) is 4.46. The summed E-state index contributed by atoms with van der Waals surface area (Å²) in [5, 5.41) is 0. The zero-order chi connectivity index (χ0) is 17.4. The van der Waals surface area contributed by atoms with Crippen LogP contribution in [-0.2, 0) is 0 Å². The van der Waals surface area contributed by atoms with Crippen molar-refractivity contribution < 1.29 is 4.79 Å². The minimum Gasteiger partial charge on any atom is -0.372 e. The number of carbonyl (C=O) groups excluding carboxylic acids is 1. The van der Waals surface area contributed by atoms with Crippen LogP contribution in [0, 0.1) is 17.8 Å². The molecule has 3 heteroatoms. The molecule has 0 unspecified atom stereocenters. The van der Waals surface area contributed by atoms with Crippen LogP contribution in [0.25, 0.3) is 0 Å². The number of carbonyl (C=O) groups is 1. The van der Waals surface area contributed by atoms with E-state index >= 15 is 0 Å². The number of hydrogen-bond acceptors (Lipinski definition) is 2. The van der Waals surface area contributed by atoms with E-state index in [9.17, 15) is 4.79 Å². The second-order valence-corrected chi connectivity index (χ2v) is 7.13. The zero-order valence-electron chi connectivity index (χ0n) is 15.5. The van der Waals surface area contributed by atoms with Crippen LogP contribution in [0.1, 0.15) is 57.3 Å². The fourth-order valence-corrected chi connectivity index (χ4v) is 3.26. The number of piperidine rings is 1. The van der Waals surface area contributed by atoms with Crippen LogP contribution in [-0.4, -0.2) is 26.7 Å². The molecule has 1 aromatic carbocycles. The molecule has 0 aliphatic carbocycles. The fourth-order valence-electron chi connectivity index (χ4n) is 3.26. The molecule has 126 valence electrons. The lowest BCUT2D eigenvalue weighted by atomic mass is 9.88. The van der Waals surface area contributed by atoms with Crippen molar-refractivity contribution in [2.24, 2.45) is 17.8 Å². The van der Waals surface area contributed by atoms with Gasteiger partial charge < -0.3 is 4.90 Å². The molecule has 0 atom stereocenters. The minimum absolute atomic E-state index is 0.0719. The summed E-state index contributed by atoms with van der Waals surface area (Å²) < 4.78 is 0. The molecule has 2 nitrogen and oxygen atoms in total. The number of Topliss-reactive ketones (excluding diaryl/α,β-unsaturated/α-hetero) is 1. The van der Waals surface area contributed by atoms with Crippen molar-refractivity contribution in [3.05, 3.63) is 29.8 Å². The van der Waals surface area contributed by atoms with Gasteiger partial charge in [-0.1, -0.05) is 34.5 Å². The summed E-state index contributed by atoms with van der Waals surface area (Å²) in [7, 11) is 4.50. The van der Waals surface area contributed by atoms with Gasteiger partial charge in [0.15, 0.2) is 5.78 Å². The average molecular weight is 313 g/mol. The van der Waals surface area contributed by atoms with Gasteiger partial charge in [-0.05, 0) is 55.4 Å². The zero-order valence-corrected chi connectivity index (χ0v) is 15.5. The number of anilines is 1. The second-order valence-electron chi connectivity index (χ2n) is 7.13. The van der Waals surface area contributed by atoms with E-state index in [2.05, 4.69) is 38.7 Å². The fraction of sp³-hybridized carbons (Fsp3) is 0.650. The van der Waals surface area contributed by atoms with E-state index in [-0.39, 0.29) is 11.7 Å². The SMILES string of the molecule is CC(C)CC1CCN(c2ccc(C(=O)C(C)C)cc2)CC1.[B]C. The number of hydrogen-bond donors (Lipinski definition) is 0. The van der Waals surface area contributed by atoms with Crippen LogP contribution in [0.2, 0.25) is 6.82 Å². The topological polar surface area (TPSA) is 20.3 Å². The van der Waals surface area contributed by atoms with Crippen LogP contribution in [0.15, 0.2) is 24.3 Å². The van der Waals surface area contributed by atoms with Crippen molar-refractivity contribution in [3.8, 4) is 0 Å². The van der Waals surface area contributed by atoms with Gasteiger partial charge in [0, 0.05) is 30.3 Å². The minimum atomic E-state index is 0.0719. The molecule has 2 rings (SSSR count).